The van der Waals surface area contributed by atoms with Gasteiger partial charge in [0.25, 0.3) is 0 Å². The molecule has 0 nitrogen and oxygen atoms in total. The van der Waals surface area contributed by atoms with Crippen molar-refractivity contribution >= 4 is 23.2 Å². The zero-order valence-electron chi connectivity index (χ0n) is 10.9. The number of benzene rings is 2. The summed E-state index contributed by atoms with van der Waals surface area (Å²) in [4.78, 5) is 0. The summed E-state index contributed by atoms with van der Waals surface area (Å²) in [6, 6.07) is 20.9. The Morgan fingerprint density at radius 3 is 1.32 bits per heavy atom. The maximum atomic E-state index is 6.24. The van der Waals surface area contributed by atoms with Gasteiger partial charge in [-0.05, 0) is 24.0 Å². The van der Waals surface area contributed by atoms with Crippen LogP contribution in [0.15, 0.2) is 60.7 Å². The normalized spacial score (nSPS) is 11.5. The molecule has 0 aliphatic carbocycles. The number of alkyl halides is 2. The largest absolute Gasteiger partial charge is 0.126 e. The molecule has 0 heterocycles. The lowest BCUT2D eigenvalue weighted by Gasteiger charge is -2.30. The van der Waals surface area contributed by atoms with Crippen LogP contribution in [0.1, 0.15) is 11.1 Å². The van der Waals surface area contributed by atoms with E-state index < -0.39 is 0 Å². The topological polar surface area (TPSA) is 0 Å². The molecule has 0 unspecified atom stereocenters. The average Bonchev–Trinajstić information content (AvgIpc) is 2.48. The molecule has 2 heteroatoms. The van der Waals surface area contributed by atoms with E-state index in [9.17, 15) is 0 Å². The summed E-state index contributed by atoms with van der Waals surface area (Å²) < 4.78 is 0. The lowest BCUT2D eigenvalue weighted by molar-refractivity contribution is 0.374. The van der Waals surface area contributed by atoms with E-state index in [1.807, 2.05) is 12.1 Å². The van der Waals surface area contributed by atoms with Gasteiger partial charge in [-0.15, -0.1) is 23.2 Å². The van der Waals surface area contributed by atoms with E-state index in [0.717, 1.165) is 12.8 Å². The first kappa shape index (κ1) is 14.4. The Kier molecular flexibility index (Phi) is 5.30. The molecule has 2 aromatic rings. The molecular weight excluding hydrogens is 275 g/mol. The fraction of sp³-hybridized carbons (Fsp3) is 0.294. The van der Waals surface area contributed by atoms with E-state index in [4.69, 9.17) is 23.2 Å². The fourth-order valence-corrected chi connectivity index (χ4v) is 3.01. The van der Waals surface area contributed by atoms with Crippen LogP contribution in [0.2, 0.25) is 0 Å². The minimum atomic E-state index is -0.0776. The second-order valence-electron chi connectivity index (χ2n) is 5.09. The van der Waals surface area contributed by atoms with Crippen LogP contribution in [-0.4, -0.2) is 11.8 Å². The summed E-state index contributed by atoms with van der Waals surface area (Å²) in [6.07, 6.45) is 1.82. The van der Waals surface area contributed by atoms with Crippen molar-refractivity contribution in [3.8, 4) is 0 Å². The molecule has 0 N–H and O–H groups in total. The molecule has 19 heavy (non-hydrogen) atoms. The third-order valence-electron chi connectivity index (χ3n) is 3.41. The minimum Gasteiger partial charge on any atom is -0.126 e. The summed E-state index contributed by atoms with van der Waals surface area (Å²) in [5, 5.41) is 0. The van der Waals surface area contributed by atoms with E-state index in [2.05, 4.69) is 48.5 Å². The first-order valence-corrected chi connectivity index (χ1v) is 7.55. The summed E-state index contributed by atoms with van der Waals surface area (Å²) in [5.41, 5.74) is 2.51. The molecule has 100 valence electrons. The monoisotopic (exact) mass is 292 g/mol. The van der Waals surface area contributed by atoms with E-state index >= 15 is 0 Å². The van der Waals surface area contributed by atoms with Crippen molar-refractivity contribution in [3.63, 3.8) is 0 Å². The predicted octanol–water partition coefficient (Wildman–Crippen LogP) is 4.94. The number of halogens is 2. The van der Waals surface area contributed by atoms with Crippen LogP contribution in [0.5, 0.6) is 0 Å². The standard InChI is InChI=1S/C17H18Cl2/c18-13-17(14-19,11-15-7-3-1-4-8-15)12-16-9-5-2-6-10-16/h1-10H,11-14H2. The van der Waals surface area contributed by atoms with Crippen LogP contribution < -0.4 is 0 Å². The predicted molar refractivity (Wildman–Crippen MR) is 84.2 cm³/mol. The molecule has 0 radical (unpaired) electrons. The molecule has 0 spiro atoms. The molecular formula is C17H18Cl2. The number of hydrogen-bond acceptors (Lipinski definition) is 0. The van der Waals surface area contributed by atoms with Crippen LogP contribution in [0.3, 0.4) is 0 Å². The second kappa shape index (κ2) is 6.98. The Bertz CT molecular complexity index is 432. The van der Waals surface area contributed by atoms with Gasteiger partial charge in [-0.1, -0.05) is 60.7 Å². The van der Waals surface area contributed by atoms with Crippen molar-refractivity contribution in [1.82, 2.24) is 0 Å². The van der Waals surface area contributed by atoms with Crippen molar-refractivity contribution in [2.45, 2.75) is 12.8 Å². The first-order chi connectivity index (χ1) is 9.28. The smallest absolute Gasteiger partial charge is 0.0297 e. The second-order valence-corrected chi connectivity index (χ2v) is 5.63. The third kappa shape index (κ3) is 3.99. The SMILES string of the molecule is ClCC(CCl)(Cc1ccccc1)Cc1ccccc1. The van der Waals surface area contributed by atoms with E-state index in [1.165, 1.54) is 11.1 Å². The summed E-state index contributed by atoms with van der Waals surface area (Å²) in [5.74, 6) is 1.14. The molecule has 0 saturated carbocycles. The van der Waals surface area contributed by atoms with E-state index in [0.29, 0.717) is 11.8 Å². The highest BCUT2D eigenvalue weighted by Gasteiger charge is 2.29. The van der Waals surface area contributed by atoms with Crippen molar-refractivity contribution in [2.75, 3.05) is 11.8 Å². The molecule has 0 aliphatic heterocycles. The van der Waals surface area contributed by atoms with Gasteiger partial charge in [0.15, 0.2) is 0 Å². The molecule has 0 aromatic heterocycles. The van der Waals surface area contributed by atoms with Gasteiger partial charge in [0.05, 0.1) is 0 Å². The molecule has 0 amide bonds. The molecule has 0 fully saturated rings. The first-order valence-electron chi connectivity index (χ1n) is 6.48. The maximum Gasteiger partial charge on any atom is 0.0297 e. The Morgan fingerprint density at radius 1 is 0.632 bits per heavy atom. The van der Waals surface area contributed by atoms with Gasteiger partial charge in [-0.25, -0.2) is 0 Å². The highest BCUT2D eigenvalue weighted by atomic mass is 35.5. The average molecular weight is 293 g/mol. The molecule has 2 aromatic carbocycles. The van der Waals surface area contributed by atoms with Crippen LogP contribution in [-0.2, 0) is 12.8 Å². The van der Waals surface area contributed by atoms with Crippen molar-refractivity contribution < 1.29 is 0 Å². The van der Waals surface area contributed by atoms with Gasteiger partial charge in [0, 0.05) is 17.2 Å². The van der Waals surface area contributed by atoms with Gasteiger partial charge in [-0.2, -0.15) is 0 Å². The highest BCUT2D eigenvalue weighted by molar-refractivity contribution is 6.21. The molecule has 2 rings (SSSR count). The minimum absolute atomic E-state index is 0.0776. The third-order valence-corrected chi connectivity index (χ3v) is 4.54. The molecule has 0 bridgehead atoms. The van der Waals surface area contributed by atoms with Gasteiger partial charge >= 0.3 is 0 Å². The summed E-state index contributed by atoms with van der Waals surface area (Å²) in [7, 11) is 0. The highest BCUT2D eigenvalue weighted by Crippen LogP contribution is 2.31. The van der Waals surface area contributed by atoms with Crippen molar-refractivity contribution in [2.24, 2.45) is 5.41 Å². The maximum absolute atomic E-state index is 6.24. The molecule has 0 aliphatic rings. The van der Waals surface area contributed by atoms with Gasteiger partial charge in [0.1, 0.15) is 0 Å². The Hall–Kier alpha value is -0.980. The fourth-order valence-electron chi connectivity index (χ4n) is 2.34. The van der Waals surface area contributed by atoms with Crippen LogP contribution >= 0.6 is 23.2 Å². The van der Waals surface area contributed by atoms with E-state index in [-0.39, 0.29) is 5.41 Å². The van der Waals surface area contributed by atoms with Gasteiger partial charge in [0.2, 0.25) is 0 Å². The zero-order valence-corrected chi connectivity index (χ0v) is 12.4. The van der Waals surface area contributed by atoms with E-state index in [1.54, 1.807) is 0 Å². The Balaban J connectivity index is 2.18. The number of rotatable bonds is 6. The van der Waals surface area contributed by atoms with Crippen LogP contribution in [0.4, 0.5) is 0 Å². The molecule has 0 atom stereocenters. The van der Waals surface area contributed by atoms with Crippen molar-refractivity contribution in [3.05, 3.63) is 71.8 Å². The lowest BCUT2D eigenvalue weighted by atomic mass is 9.80. The van der Waals surface area contributed by atoms with Gasteiger partial charge < -0.3 is 0 Å². The summed E-state index contributed by atoms with van der Waals surface area (Å²) >= 11 is 12.5. The van der Waals surface area contributed by atoms with Gasteiger partial charge in [-0.3, -0.25) is 0 Å². The van der Waals surface area contributed by atoms with Crippen LogP contribution in [0, 0.1) is 5.41 Å². The zero-order chi connectivity index (χ0) is 13.6. The van der Waals surface area contributed by atoms with Crippen molar-refractivity contribution in [1.29, 1.82) is 0 Å². The molecule has 0 saturated heterocycles. The number of hydrogen-bond donors (Lipinski definition) is 0. The lowest BCUT2D eigenvalue weighted by Crippen LogP contribution is -2.30. The Labute approximate surface area is 125 Å². The van der Waals surface area contributed by atoms with Crippen LogP contribution in [0.25, 0.3) is 0 Å². The Morgan fingerprint density at radius 2 is 1.00 bits per heavy atom. The quantitative estimate of drug-likeness (QED) is 0.662. The summed E-state index contributed by atoms with van der Waals surface area (Å²) in [6.45, 7) is 0.